The predicted octanol–water partition coefficient (Wildman–Crippen LogP) is 3.06. The SMILES string of the molecule is CCOc1c(Br)cc(CN(C)CC(C)(C)O)cc1OC. The van der Waals surface area contributed by atoms with Gasteiger partial charge >= 0.3 is 0 Å². The summed E-state index contributed by atoms with van der Waals surface area (Å²) in [6, 6.07) is 3.99. The minimum absolute atomic E-state index is 0.590. The Hall–Kier alpha value is -0.780. The van der Waals surface area contributed by atoms with E-state index in [9.17, 15) is 5.11 Å². The van der Waals surface area contributed by atoms with Crippen molar-refractivity contribution in [2.75, 3.05) is 27.3 Å². The third-order valence-electron chi connectivity index (χ3n) is 2.69. The van der Waals surface area contributed by atoms with Crippen molar-refractivity contribution >= 4 is 15.9 Å². The second-order valence-electron chi connectivity index (χ2n) is 5.53. The molecule has 1 aromatic rings. The van der Waals surface area contributed by atoms with Gasteiger partial charge in [0.15, 0.2) is 11.5 Å². The van der Waals surface area contributed by atoms with E-state index in [1.165, 1.54) is 0 Å². The van der Waals surface area contributed by atoms with E-state index in [0.717, 1.165) is 22.3 Å². The molecule has 0 aliphatic carbocycles. The molecular weight excluding hydrogens is 322 g/mol. The van der Waals surface area contributed by atoms with Crippen LogP contribution in [0.25, 0.3) is 0 Å². The standard InChI is InChI=1S/C15H24BrNO3/c1-6-20-14-12(16)7-11(8-13(14)19-5)9-17(4)10-15(2,3)18/h7-8,18H,6,9-10H2,1-5H3. The summed E-state index contributed by atoms with van der Waals surface area (Å²) >= 11 is 3.52. The Kier molecular flexibility index (Phi) is 6.30. The highest BCUT2D eigenvalue weighted by Gasteiger charge is 2.17. The number of nitrogens with zero attached hydrogens (tertiary/aromatic N) is 1. The van der Waals surface area contributed by atoms with Crippen molar-refractivity contribution in [2.45, 2.75) is 32.9 Å². The average molecular weight is 346 g/mol. The molecule has 0 saturated heterocycles. The van der Waals surface area contributed by atoms with Crippen LogP contribution in [-0.4, -0.2) is 42.9 Å². The second kappa shape index (κ2) is 7.29. The van der Waals surface area contributed by atoms with Crippen LogP contribution in [0.5, 0.6) is 11.5 Å². The van der Waals surface area contributed by atoms with Crippen LogP contribution >= 0.6 is 15.9 Å². The number of rotatable bonds is 7. The van der Waals surface area contributed by atoms with Crippen LogP contribution in [0.2, 0.25) is 0 Å². The van der Waals surface area contributed by atoms with Crippen molar-refractivity contribution in [2.24, 2.45) is 0 Å². The van der Waals surface area contributed by atoms with E-state index < -0.39 is 5.60 Å². The van der Waals surface area contributed by atoms with Gasteiger partial charge < -0.3 is 14.6 Å². The Labute approximate surface area is 129 Å². The Bertz CT molecular complexity index is 443. The van der Waals surface area contributed by atoms with E-state index in [2.05, 4.69) is 20.8 Å². The van der Waals surface area contributed by atoms with E-state index >= 15 is 0 Å². The molecule has 0 bridgehead atoms. The number of methoxy groups -OCH3 is 1. The molecule has 0 radical (unpaired) electrons. The van der Waals surface area contributed by atoms with Crippen molar-refractivity contribution in [3.8, 4) is 11.5 Å². The minimum atomic E-state index is -0.707. The fourth-order valence-corrected chi connectivity index (χ4v) is 2.78. The van der Waals surface area contributed by atoms with E-state index in [4.69, 9.17) is 9.47 Å². The zero-order valence-corrected chi connectivity index (χ0v) is 14.5. The summed E-state index contributed by atoms with van der Waals surface area (Å²) in [6.45, 7) is 7.46. The Morgan fingerprint density at radius 2 is 2.00 bits per heavy atom. The van der Waals surface area contributed by atoms with Gasteiger partial charge in [-0.15, -0.1) is 0 Å². The fraction of sp³-hybridized carbons (Fsp3) is 0.600. The number of halogens is 1. The Morgan fingerprint density at radius 3 is 2.50 bits per heavy atom. The summed E-state index contributed by atoms with van der Waals surface area (Å²) in [5.41, 5.74) is 0.394. The third kappa shape index (κ3) is 5.31. The zero-order chi connectivity index (χ0) is 15.3. The molecule has 1 N–H and O–H groups in total. The van der Waals surface area contributed by atoms with Gasteiger partial charge in [-0.2, -0.15) is 0 Å². The summed E-state index contributed by atoms with van der Waals surface area (Å²) in [7, 11) is 3.61. The van der Waals surface area contributed by atoms with Crippen molar-refractivity contribution < 1.29 is 14.6 Å². The molecule has 0 amide bonds. The van der Waals surface area contributed by atoms with Gasteiger partial charge in [0, 0.05) is 13.1 Å². The zero-order valence-electron chi connectivity index (χ0n) is 12.9. The Morgan fingerprint density at radius 1 is 1.35 bits per heavy atom. The van der Waals surface area contributed by atoms with E-state index in [-0.39, 0.29) is 0 Å². The predicted molar refractivity (Wildman–Crippen MR) is 84.5 cm³/mol. The van der Waals surface area contributed by atoms with Crippen LogP contribution in [0.3, 0.4) is 0 Å². The molecule has 0 saturated carbocycles. The lowest BCUT2D eigenvalue weighted by Gasteiger charge is -2.25. The molecular formula is C15H24BrNO3. The molecule has 114 valence electrons. The lowest BCUT2D eigenvalue weighted by molar-refractivity contribution is 0.0424. The molecule has 4 nitrogen and oxygen atoms in total. The van der Waals surface area contributed by atoms with Crippen molar-refractivity contribution in [1.82, 2.24) is 4.90 Å². The van der Waals surface area contributed by atoms with Gasteiger partial charge in [0.05, 0.1) is 23.8 Å². The fourth-order valence-electron chi connectivity index (χ4n) is 2.18. The first-order chi connectivity index (χ1) is 9.26. The van der Waals surface area contributed by atoms with E-state index in [0.29, 0.717) is 18.9 Å². The molecule has 0 atom stereocenters. The smallest absolute Gasteiger partial charge is 0.175 e. The molecule has 0 spiro atoms. The molecule has 0 aliphatic heterocycles. The molecule has 1 rings (SSSR count). The van der Waals surface area contributed by atoms with Gasteiger partial charge in [-0.3, -0.25) is 4.90 Å². The molecule has 0 aromatic heterocycles. The van der Waals surface area contributed by atoms with Crippen LogP contribution in [0.4, 0.5) is 0 Å². The number of hydrogen-bond donors (Lipinski definition) is 1. The normalized spacial score (nSPS) is 11.8. The maximum atomic E-state index is 9.84. The van der Waals surface area contributed by atoms with Gasteiger partial charge in [0.2, 0.25) is 0 Å². The first-order valence-corrected chi connectivity index (χ1v) is 7.46. The lowest BCUT2D eigenvalue weighted by Crippen LogP contribution is -2.35. The largest absolute Gasteiger partial charge is 0.493 e. The molecule has 1 aromatic carbocycles. The highest BCUT2D eigenvalue weighted by atomic mass is 79.9. The summed E-state index contributed by atoms with van der Waals surface area (Å²) in [4.78, 5) is 2.07. The van der Waals surface area contributed by atoms with E-state index in [1.54, 1.807) is 21.0 Å². The third-order valence-corrected chi connectivity index (χ3v) is 3.28. The van der Waals surface area contributed by atoms with Gasteiger partial charge in [0.25, 0.3) is 0 Å². The van der Waals surface area contributed by atoms with Crippen LogP contribution in [0.1, 0.15) is 26.3 Å². The molecule has 0 aliphatic rings. The molecule has 0 heterocycles. The number of benzene rings is 1. The summed E-state index contributed by atoms with van der Waals surface area (Å²) in [5, 5.41) is 9.84. The van der Waals surface area contributed by atoms with Crippen LogP contribution in [0.15, 0.2) is 16.6 Å². The molecule has 5 heteroatoms. The maximum Gasteiger partial charge on any atom is 0.175 e. The summed E-state index contributed by atoms with van der Waals surface area (Å²) in [5.74, 6) is 1.44. The molecule has 20 heavy (non-hydrogen) atoms. The molecule has 0 fully saturated rings. The second-order valence-corrected chi connectivity index (χ2v) is 6.38. The highest BCUT2D eigenvalue weighted by molar-refractivity contribution is 9.10. The topological polar surface area (TPSA) is 41.9 Å². The van der Waals surface area contributed by atoms with Gasteiger partial charge in [-0.25, -0.2) is 0 Å². The number of aliphatic hydroxyl groups is 1. The Balaban J connectivity index is 2.89. The number of likely N-dealkylation sites (N-methyl/N-ethyl adjacent to an activating group) is 1. The van der Waals surface area contributed by atoms with Crippen molar-refractivity contribution in [3.05, 3.63) is 22.2 Å². The molecule has 0 unspecified atom stereocenters. The number of hydrogen-bond acceptors (Lipinski definition) is 4. The van der Waals surface area contributed by atoms with Crippen LogP contribution in [0, 0.1) is 0 Å². The van der Waals surface area contributed by atoms with Gasteiger partial charge in [0.1, 0.15) is 0 Å². The lowest BCUT2D eigenvalue weighted by atomic mass is 10.1. The average Bonchev–Trinajstić information content (AvgIpc) is 2.29. The quantitative estimate of drug-likeness (QED) is 0.824. The minimum Gasteiger partial charge on any atom is -0.493 e. The van der Waals surface area contributed by atoms with E-state index in [1.807, 2.05) is 26.1 Å². The number of ether oxygens (including phenoxy) is 2. The first-order valence-electron chi connectivity index (χ1n) is 6.67. The van der Waals surface area contributed by atoms with Gasteiger partial charge in [-0.05, 0) is 61.4 Å². The summed E-state index contributed by atoms with van der Waals surface area (Å²) in [6.07, 6.45) is 0. The summed E-state index contributed by atoms with van der Waals surface area (Å²) < 4.78 is 11.8. The maximum absolute atomic E-state index is 9.84. The highest BCUT2D eigenvalue weighted by Crippen LogP contribution is 2.36. The van der Waals surface area contributed by atoms with Crippen LogP contribution < -0.4 is 9.47 Å². The van der Waals surface area contributed by atoms with Crippen molar-refractivity contribution in [3.63, 3.8) is 0 Å². The van der Waals surface area contributed by atoms with Crippen molar-refractivity contribution in [1.29, 1.82) is 0 Å². The monoisotopic (exact) mass is 345 g/mol. The van der Waals surface area contributed by atoms with Crippen LogP contribution in [-0.2, 0) is 6.54 Å². The van der Waals surface area contributed by atoms with Gasteiger partial charge in [-0.1, -0.05) is 0 Å². The first kappa shape index (κ1) is 17.3.